The monoisotopic (exact) mass is 154 g/mol. The van der Waals surface area contributed by atoms with Gasteiger partial charge in [0, 0.05) is 14.7 Å². The summed E-state index contributed by atoms with van der Waals surface area (Å²) >= 11 is 0. The molecule has 9 heavy (non-hydrogen) atoms. The molecule has 0 N–H and O–H groups in total. The van der Waals surface area contributed by atoms with Crippen LogP contribution in [0.4, 0.5) is 0 Å². The van der Waals surface area contributed by atoms with Crippen LogP contribution < -0.4 is 29.6 Å². The Balaban J connectivity index is 0. The van der Waals surface area contributed by atoms with Crippen LogP contribution in [-0.2, 0) is 4.74 Å². The Labute approximate surface area is 81.5 Å². The van der Waals surface area contributed by atoms with Gasteiger partial charge in [0.15, 0.2) is 0 Å². The normalized spacial score (nSPS) is 10.7. The molecular formula is C6H15NaOSi. The first-order chi connectivity index (χ1) is 3.56. The molecule has 0 bridgehead atoms. The van der Waals surface area contributed by atoms with Crippen molar-refractivity contribution >= 4 is 8.07 Å². The van der Waals surface area contributed by atoms with Crippen molar-refractivity contribution in [2.45, 2.75) is 25.7 Å². The second-order valence-corrected chi connectivity index (χ2v) is 8.84. The zero-order chi connectivity index (χ0) is 6.62. The Morgan fingerprint density at radius 3 is 1.89 bits per heavy atom. The molecule has 0 aliphatic rings. The summed E-state index contributed by atoms with van der Waals surface area (Å²) < 4.78 is 4.70. The quantitative estimate of drug-likeness (QED) is 0.379. The first-order valence-electron chi connectivity index (χ1n) is 2.93. The van der Waals surface area contributed by atoms with Gasteiger partial charge in [0.1, 0.15) is 0 Å². The molecule has 0 heterocycles. The Morgan fingerprint density at radius 2 is 1.78 bits per heavy atom. The number of hydrogen-bond donors (Lipinski definition) is 0. The number of hydrogen-bond acceptors (Lipinski definition) is 1. The third-order valence-electron chi connectivity index (χ3n) is 0.996. The molecule has 0 saturated carbocycles. The van der Waals surface area contributed by atoms with Crippen LogP contribution >= 0.6 is 0 Å². The SMILES string of the molecule is [CH2-]OCC[Si](C)(C)C.[Na+]. The predicted molar refractivity (Wildman–Crippen MR) is 39.5 cm³/mol. The van der Waals surface area contributed by atoms with E-state index in [4.69, 9.17) is 4.74 Å². The van der Waals surface area contributed by atoms with Crippen LogP contribution in [0, 0.1) is 7.11 Å². The first kappa shape index (κ1) is 12.8. The average Bonchev–Trinajstić information content (AvgIpc) is 1.59. The van der Waals surface area contributed by atoms with Gasteiger partial charge >= 0.3 is 29.6 Å². The van der Waals surface area contributed by atoms with E-state index in [9.17, 15) is 0 Å². The van der Waals surface area contributed by atoms with Crippen molar-refractivity contribution in [2.75, 3.05) is 6.61 Å². The molecule has 0 rings (SSSR count). The standard InChI is InChI=1S/C6H15OSi.Na/c1-7-5-6-8(2,3)4;/h1,5-6H2,2-4H3;/q-1;+1. The maximum Gasteiger partial charge on any atom is 1.00 e. The summed E-state index contributed by atoms with van der Waals surface area (Å²) in [5.41, 5.74) is 0. The molecule has 0 aromatic rings. The third-order valence-corrected chi connectivity index (χ3v) is 2.70. The molecule has 0 saturated heterocycles. The third kappa shape index (κ3) is 12.4. The second kappa shape index (κ2) is 5.92. The van der Waals surface area contributed by atoms with Crippen LogP contribution in [0.5, 0.6) is 0 Å². The topological polar surface area (TPSA) is 9.23 Å². The van der Waals surface area contributed by atoms with Crippen molar-refractivity contribution in [1.29, 1.82) is 0 Å². The summed E-state index contributed by atoms with van der Waals surface area (Å²) in [4.78, 5) is 0. The molecule has 0 amide bonds. The molecule has 0 spiro atoms. The molecule has 0 radical (unpaired) electrons. The fourth-order valence-corrected chi connectivity index (χ4v) is 1.14. The van der Waals surface area contributed by atoms with Gasteiger partial charge in [0.2, 0.25) is 0 Å². The van der Waals surface area contributed by atoms with Gasteiger partial charge in [0.25, 0.3) is 0 Å². The van der Waals surface area contributed by atoms with Gasteiger partial charge in [-0.1, -0.05) is 19.6 Å². The van der Waals surface area contributed by atoms with E-state index in [1.54, 1.807) is 0 Å². The summed E-state index contributed by atoms with van der Waals surface area (Å²) in [6.45, 7) is 7.81. The number of ether oxygens (including phenoxy) is 1. The van der Waals surface area contributed by atoms with E-state index in [1.165, 1.54) is 6.04 Å². The van der Waals surface area contributed by atoms with Crippen molar-refractivity contribution in [1.82, 2.24) is 0 Å². The maximum atomic E-state index is 4.70. The van der Waals surface area contributed by atoms with Crippen molar-refractivity contribution < 1.29 is 34.3 Å². The van der Waals surface area contributed by atoms with Crippen LogP contribution in [0.15, 0.2) is 0 Å². The Morgan fingerprint density at radius 1 is 1.33 bits per heavy atom. The summed E-state index contributed by atoms with van der Waals surface area (Å²) in [5.74, 6) is 0. The van der Waals surface area contributed by atoms with Crippen molar-refractivity contribution in [3.8, 4) is 0 Å². The Kier molecular flexibility index (Phi) is 8.44. The van der Waals surface area contributed by atoms with Crippen molar-refractivity contribution in [3.05, 3.63) is 7.11 Å². The molecule has 1 nitrogen and oxygen atoms in total. The minimum Gasteiger partial charge on any atom is -0.555 e. The van der Waals surface area contributed by atoms with Gasteiger partial charge in [-0.2, -0.15) is 0 Å². The van der Waals surface area contributed by atoms with Gasteiger partial charge in [-0.15, -0.1) is 0 Å². The molecular weight excluding hydrogens is 139 g/mol. The summed E-state index contributed by atoms with van der Waals surface area (Å²) in [5, 5.41) is 0. The smallest absolute Gasteiger partial charge is 0.555 e. The zero-order valence-electron chi connectivity index (χ0n) is 7.03. The van der Waals surface area contributed by atoms with Gasteiger partial charge in [-0.3, -0.25) is 0 Å². The summed E-state index contributed by atoms with van der Waals surface area (Å²) in [6.07, 6.45) is 0. The molecule has 0 aliphatic heterocycles. The van der Waals surface area contributed by atoms with Crippen LogP contribution in [0.1, 0.15) is 0 Å². The molecule has 3 heteroatoms. The molecule has 0 aromatic heterocycles. The molecule has 0 aromatic carbocycles. The Bertz CT molecular complexity index is 60.6. The van der Waals surface area contributed by atoms with E-state index >= 15 is 0 Å². The average molecular weight is 154 g/mol. The minimum absolute atomic E-state index is 0. The Hall–Kier alpha value is 1.18. The first-order valence-corrected chi connectivity index (χ1v) is 6.64. The van der Waals surface area contributed by atoms with Gasteiger partial charge in [-0.05, 0) is 6.04 Å². The van der Waals surface area contributed by atoms with Gasteiger partial charge < -0.3 is 4.74 Å². The number of rotatable bonds is 3. The van der Waals surface area contributed by atoms with Crippen molar-refractivity contribution in [3.63, 3.8) is 0 Å². The van der Waals surface area contributed by atoms with Crippen LogP contribution in [-0.4, -0.2) is 14.7 Å². The van der Waals surface area contributed by atoms with Gasteiger partial charge in [0.05, 0.1) is 0 Å². The summed E-state index contributed by atoms with van der Waals surface area (Å²) in [7, 11) is 2.47. The minimum atomic E-state index is -0.843. The van der Waals surface area contributed by atoms with E-state index in [2.05, 4.69) is 26.8 Å². The molecule has 0 atom stereocenters. The van der Waals surface area contributed by atoms with Gasteiger partial charge in [-0.25, -0.2) is 7.11 Å². The van der Waals surface area contributed by atoms with Crippen molar-refractivity contribution in [2.24, 2.45) is 0 Å². The van der Waals surface area contributed by atoms with Crippen LogP contribution in [0.2, 0.25) is 25.7 Å². The summed E-state index contributed by atoms with van der Waals surface area (Å²) in [6, 6.07) is 1.22. The fourth-order valence-electron chi connectivity index (χ4n) is 0.378. The zero-order valence-corrected chi connectivity index (χ0v) is 10.0. The van der Waals surface area contributed by atoms with Crippen LogP contribution in [0.25, 0.3) is 0 Å². The largest absolute Gasteiger partial charge is 1.00 e. The van der Waals surface area contributed by atoms with E-state index < -0.39 is 8.07 Å². The predicted octanol–water partition coefficient (Wildman–Crippen LogP) is -0.863. The van der Waals surface area contributed by atoms with E-state index in [0.717, 1.165) is 6.61 Å². The van der Waals surface area contributed by atoms with E-state index in [-0.39, 0.29) is 29.6 Å². The second-order valence-electron chi connectivity index (χ2n) is 3.22. The van der Waals surface area contributed by atoms with Crippen LogP contribution in [0.3, 0.4) is 0 Å². The molecule has 50 valence electrons. The molecule has 0 aliphatic carbocycles. The molecule has 0 unspecified atom stereocenters. The van der Waals surface area contributed by atoms with E-state index in [0.29, 0.717) is 0 Å². The maximum absolute atomic E-state index is 4.70. The van der Waals surface area contributed by atoms with E-state index in [1.807, 2.05) is 0 Å². The fraction of sp³-hybridized carbons (Fsp3) is 0.833. The molecule has 0 fully saturated rings.